The normalized spacial score (nSPS) is 17.3. The molecule has 0 aliphatic carbocycles. The number of rotatable bonds is 5. The van der Waals surface area contributed by atoms with Gasteiger partial charge in [0.1, 0.15) is 13.2 Å². The average Bonchev–Trinajstić information content (AvgIpc) is 2.43. The molecule has 0 bridgehead atoms. The van der Waals surface area contributed by atoms with E-state index in [0.717, 1.165) is 18.0 Å². The molecule has 0 radical (unpaired) electrons. The number of fused-ring (bicyclic) bond motifs is 1. The quantitative estimate of drug-likeness (QED) is 0.885. The first-order chi connectivity index (χ1) is 9.13. The summed E-state index contributed by atoms with van der Waals surface area (Å²) in [6, 6.07) is 6.80. The fourth-order valence-corrected chi connectivity index (χ4v) is 2.78. The van der Waals surface area contributed by atoms with Crippen LogP contribution in [0.15, 0.2) is 18.2 Å². The molecular weight excluding hydrogens is 238 g/mol. The number of likely N-dealkylation sites (N-methyl/N-ethyl adjacent to an activating group) is 1. The Hall–Kier alpha value is -1.22. The van der Waals surface area contributed by atoms with Crippen LogP contribution in [0.3, 0.4) is 0 Å². The van der Waals surface area contributed by atoms with Crippen molar-refractivity contribution in [1.82, 2.24) is 5.32 Å². The van der Waals surface area contributed by atoms with Gasteiger partial charge in [-0.15, -0.1) is 0 Å². The lowest BCUT2D eigenvalue weighted by Crippen LogP contribution is -2.38. The third kappa shape index (κ3) is 3.21. The molecule has 19 heavy (non-hydrogen) atoms. The van der Waals surface area contributed by atoms with Gasteiger partial charge >= 0.3 is 0 Å². The van der Waals surface area contributed by atoms with E-state index in [4.69, 9.17) is 9.47 Å². The van der Waals surface area contributed by atoms with Crippen molar-refractivity contribution >= 4 is 0 Å². The Balaban J connectivity index is 2.20. The maximum atomic E-state index is 5.67. The predicted molar refractivity (Wildman–Crippen MR) is 78.1 cm³/mol. The van der Waals surface area contributed by atoms with Crippen molar-refractivity contribution in [1.29, 1.82) is 0 Å². The first kappa shape index (κ1) is 14.2. The second-order valence-electron chi connectivity index (χ2n) is 5.52. The fraction of sp³-hybridized carbons (Fsp3) is 0.625. The Morgan fingerprint density at radius 3 is 2.42 bits per heavy atom. The molecule has 3 nitrogen and oxygen atoms in total. The van der Waals surface area contributed by atoms with Crippen LogP contribution in [0, 0.1) is 5.92 Å². The molecule has 2 rings (SSSR count). The highest BCUT2D eigenvalue weighted by Crippen LogP contribution is 2.34. The minimum Gasteiger partial charge on any atom is -0.486 e. The van der Waals surface area contributed by atoms with Crippen LogP contribution in [0.5, 0.6) is 11.5 Å². The Bertz CT molecular complexity index is 417. The van der Waals surface area contributed by atoms with Crippen LogP contribution in [-0.2, 0) is 0 Å². The number of hydrogen-bond acceptors (Lipinski definition) is 3. The van der Waals surface area contributed by atoms with Gasteiger partial charge in [-0.1, -0.05) is 33.8 Å². The predicted octanol–water partition coefficient (Wildman–Crippen LogP) is 3.20. The van der Waals surface area contributed by atoms with Gasteiger partial charge in [0.05, 0.1) is 0 Å². The van der Waals surface area contributed by atoms with E-state index in [1.807, 2.05) is 6.07 Å². The Morgan fingerprint density at radius 2 is 1.79 bits per heavy atom. The molecule has 1 N–H and O–H groups in total. The van der Waals surface area contributed by atoms with Gasteiger partial charge in [0.2, 0.25) is 0 Å². The Labute approximate surface area is 116 Å². The van der Waals surface area contributed by atoms with E-state index in [1.54, 1.807) is 0 Å². The minimum absolute atomic E-state index is 0.454. The lowest BCUT2D eigenvalue weighted by atomic mass is 9.86. The highest BCUT2D eigenvalue weighted by atomic mass is 16.6. The molecule has 106 valence electrons. The zero-order valence-electron chi connectivity index (χ0n) is 12.4. The summed E-state index contributed by atoms with van der Waals surface area (Å²) in [6.07, 6.45) is 0. The van der Waals surface area contributed by atoms with Gasteiger partial charge < -0.3 is 14.8 Å². The monoisotopic (exact) mass is 263 g/mol. The zero-order valence-corrected chi connectivity index (χ0v) is 12.4. The molecule has 0 fully saturated rings. The summed E-state index contributed by atoms with van der Waals surface area (Å²) in [5.41, 5.74) is 1.31. The first-order valence-corrected chi connectivity index (χ1v) is 7.26. The van der Waals surface area contributed by atoms with E-state index in [0.29, 0.717) is 31.1 Å². The summed E-state index contributed by atoms with van der Waals surface area (Å²) in [5.74, 6) is 2.81. The van der Waals surface area contributed by atoms with Crippen molar-refractivity contribution in [2.75, 3.05) is 19.8 Å². The van der Waals surface area contributed by atoms with E-state index >= 15 is 0 Å². The molecule has 1 heterocycles. The standard InChI is InChI=1S/C16H25NO2/c1-5-17-16(11(2)3)12(4)13-6-7-14-15(10-13)19-9-8-18-14/h6-7,10-12,16-17H,5,8-9H2,1-4H3. The van der Waals surface area contributed by atoms with Crippen LogP contribution in [0.2, 0.25) is 0 Å². The zero-order chi connectivity index (χ0) is 13.8. The second-order valence-corrected chi connectivity index (χ2v) is 5.52. The van der Waals surface area contributed by atoms with E-state index in [9.17, 15) is 0 Å². The fourth-order valence-electron chi connectivity index (χ4n) is 2.78. The van der Waals surface area contributed by atoms with Crippen LogP contribution in [-0.4, -0.2) is 25.8 Å². The van der Waals surface area contributed by atoms with Gasteiger partial charge in [-0.05, 0) is 36.1 Å². The number of ether oxygens (including phenoxy) is 2. The first-order valence-electron chi connectivity index (χ1n) is 7.26. The van der Waals surface area contributed by atoms with Crippen LogP contribution in [0.25, 0.3) is 0 Å². The van der Waals surface area contributed by atoms with E-state index in [-0.39, 0.29) is 0 Å². The van der Waals surface area contributed by atoms with E-state index in [1.165, 1.54) is 5.56 Å². The number of benzene rings is 1. The SMILES string of the molecule is CCNC(C(C)C)C(C)c1ccc2c(c1)OCCO2. The Kier molecular flexibility index (Phi) is 4.70. The summed E-state index contributed by atoms with van der Waals surface area (Å²) in [4.78, 5) is 0. The highest BCUT2D eigenvalue weighted by molar-refractivity contribution is 5.45. The molecule has 1 aromatic rings. The third-order valence-corrected chi connectivity index (χ3v) is 3.79. The molecule has 1 aliphatic heterocycles. The number of hydrogen-bond donors (Lipinski definition) is 1. The third-order valence-electron chi connectivity index (χ3n) is 3.79. The van der Waals surface area contributed by atoms with Crippen molar-refractivity contribution in [3.05, 3.63) is 23.8 Å². The van der Waals surface area contributed by atoms with E-state index < -0.39 is 0 Å². The van der Waals surface area contributed by atoms with Crippen LogP contribution < -0.4 is 14.8 Å². The minimum atomic E-state index is 0.454. The summed E-state index contributed by atoms with van der Waals surface area (Å²) in [5, 5.41) is 3.59. The molecule has 2 atom stereocenters. The van der Waals surface area contributed by atoms with Crippen molar-refractivity contribution in [2.45, 2.75) is 39.7 Å². The molecule has 2 unspecified atom stereocenters. The molecular formula is C16H25NO2. The summed E-state index contributed by atoms with van der Waals surface area (Å²) in [7, 11) is 0. The molecule has 0 aromatic heterocycles. The second kappa shape index (κ2) is 6.29. The van der Waals surface area contributed by atoms with Crippen LogP contribution >= 0.6 is 0 Å². The molecule has 0 spiro atoms. The van der Waals surface area contributed by atoms with E-state index in [2.05, 4.69) is 45.1 Å². The highest BCUT2D eigenvalue weighted by Gasteiger charge is 2.23. The van der Waals surface area contributed by atoms with Gasteiger partial charge in [-0.3, -0.25) is 0 Å². The number of nitrogens with one attached hydrogen (secondary N) is 1. The van der Waals surface area contributed by atoms with Crippen molar-refractivity contribution < 1.29 is 9.47 Å². The topological polar surface area (TPSA) is 30.5 Å². The van der Waals surface area contributed by atoms with Gasteiger partial charge in [0.15, 0.2) is 11.5 Å². The van der Waals surface area contributed by atoms with Gasteiger partial charge in [0, 0.05) is 6.04 Å². The molecule has 1 aromatic carbocycles. The largest absolute Gasteiger partial charge is 0.486 e. The van der Waals surface area contributed by atoms with Crippen molar-refractivity contribution in [3.63, 3.8) is 0 Å². The van der Waals surface area contributed by atoms with Gasteiger partial charge in [0.25, 0.3) is 0 Å². The van der Waals surface area contributed by atoms with Gasteiger partial charge in [-0.25, -0.2) is 0 Å². The van der Waals surface area contributed by atoms with Crippen LogP contribution in [0.1, 0.15) is 39.2 Å². The lowest BCUT2D eigenvalue weighted by molar-refractivity contribution is 0.171. The van der Waals surface area contributed by atoms with Gasteiger partial charge in [-0.2, -0.15) is 0 Å². The maximum absolute atomic E-state index is 5.67. The molecule has 0 saturated heterocycles. The molecule has 1 aliphatic rings. The lowest BCUT2D eigenvalue weighted by Gasteiger charge is -2.29. The summed E-state index contributed by atoms with van der Waals surface area (Å²) < 4.78 is 11.2. The van der Waals surface area contributed by atoms with Crippen molar-refractivity contribution in [2.24, 2.45) is 5.92 Å². The summed E-state index contributed by atoms with van der Waals surface area (Å²) >= 11 is 0. The molecule has 3 heteroatoms. The molecule has 0 amide bonds. The van der Waals surface area contributed by atoms with Crippen LogP contribution in [0.4, 0.5) is 0 Å². The van der Waals surface area contributed by atoms with Crippen molar-refractivity contribution in [3.8, 4) is 11.5 Å². The summed E-state index contributed by atoms with van der Waals surface area (Å²) in [6.45, 7) is 11.3. The maximum Gasteiger partial charge on any atom is 0.161 e. The Morgan fingerprint density at radius 1 is 1.11 bits per heavy atom. The molecule has 0 saturated carbocycles. The average molecular weight is 263 g/mol. The smallest absolute Gasteiger partial charge is 0.161 e.